The first-order chi connectivity index (χ1) is 11.6. The largest absolute Gasteiger partial charge is 0.310 e. The number of sulfone groups is 1. The molecule has 0 atom stereocenters. The van der Waals surface area contributed by atoms with E-state index in [2.05, 4.69) is 14.7 Å². The SMILES string of the molecule is Cc1nc2ccc(NS(=O)(=O)CC3CCS(=O)(=O)CC3)cc2c(=O)[nH]1. The third-order valence-corrected chi connectivity index (χ3v) is 7.40. The number of aromatic nitrogens is 2. The van der Waals surface area contributed by atoms with E-state index in [1.807, 2.05) is 0 Å². The Morgan fingerprint density at radius 3 is 2.64 bits per heavy atom. The van der Waals surface area contributed by atoms with Crippen molar-refractivity contribution in [1.82, 2.24) is 9.97 Å². The van der Waals surface area contributed by atoms with Gasteiger partial charge < -0.3 is 4.98 Å². The molecule has 0 radical (unpaired) electrons. The van der Waals surface area contributed by atoms with Crippen LogP contribution in [0.3, 0.4) is 0 Å². The van der Waals surface area contributed by atoms with Crippen LogP contribution in [0.4, 0.5) is 5.69 Å². The van der Waals surface area contributed by atoms with Crippen LogP contribution in [0.2, 0.25) is 0 Å². The Morgan fingerprint density at radius 1 is 1.28 bits per heavy atom. The predicted molar refractivity (Wildman–Crippen MR) is 95.9 cm³/mol. The molecule has 1 saturated heterocycles. The number of rotatable bonds is 4. The highest BCUT2D eigenvalue weighted by Crippen LogP contribution is 2.22. The Balaban J connectivity index is 1.77. The molecule has 0 spiro atoms. The fraction of sp³-hybridized carbons (Fsp3) is 0.467. The van der Waals surface area contributed by atoms with Gasteiger partial charge in [0.2, 0.25) is 10.0 Å². The minimum atomic E-state index is -3.64. The summed E-state index contributed by atoms with van der Waals surface area (Å²) in [7, 11) is -6.66. The van der Waals surface area contributed by atoms with Crippen LogP contribution in [-0.4, -0.2) is 44.1 Å². The number of aromatic amines is 1. The van der Waals surface area contributed by atoms with Gasteiger partial charge in [-0.15, -0.1) is 0 Å². The van der Waals surface area contributed by atoms with E-state index >= 15 is 0 Å². The molecule has 0 saturated carbocycles. The minimum absolute atomic E-state index is 0.0313. The molecular weight excluding hydrogens is 366 g/mol. The monoisotopic (exact) mass is 385 g/mol. The van der Waals surface area contributed by atoms with E-state index in [0.29, 0.717) is 29.6 Å². The lowest BCUT2D eigenvalue weighted by molar-refractivity contribution is 0.493. The molecule has 8 nitrogen and oxygen atoms in total. The fourth-order valence-corrected chi connectivity index (χ4v) is 6.07. The zero-order valence-corrected chi connectivity index (χ0v) is 15.3. The molecule has 0 amide bonds. The van der Waals surface area contributed by atoms with Crippen molar-refractivity contribution >= 4 is 36.5 Å². The van der Waals surface area contributed by atoms with Gasteiger partial charge in [-0.2, -0.15) is 0 Å². The predicted octanol–water partition coefficient (Wildman–Crippen LogP) is 0.798. The number of anilines is 1. The summed E-state index contributed by atoms with van der Waals surface area (Å²) in [5.74, 6) is 0.225. The lowest BCUT2D eigenvalue weighted by Gasteiger charge is -2.22. The highest BCUT2D eigenvalue weighted by Gasteiger charge is 2.27. The van der Waals surface area contributed by atoms with Crippen molar-refractivity contribution in [2.45, 2.75) is 19.8 Å². The molecule has 0 bridgehead atoms. The third-order valence-electron chi connectivity index (χ3n) is 4.23. The molecule has 1 fully saturated rings. The minimum Gasteiger partial charge on any atom is -0.310 e. The Kier molecular flexibility index (Phi) is 4.58. The molecule has 2 heterocycles. The van der Waals surface area contributed by atoms with Gasteiger partial charge in [-0.3, -0.25) is 9.52 Å². The number of benzene rings is 1. The average molecular weight is 385 g/mol. The lowest BCUT2D eigenvalue weighted by atomic mass is 10.1. The van der Waals surface area contributed by atoms with Crippen molar-refractivity contribution in [3.05, 3.63) is 34.4 Å². The van der Waals surface area contributed by atoms with Crippen molar-refractivity contribution < 1.29 is 16.8 Å². The van der Waals surface area contributed by atoms with Gasteiger partial charge in [0, 0.05) is 5.69 Å². The maximum atomic E-state index is 12.3. The summed E-state index contributed by atoms with van der Waals surface area (Å²) in [5, 5.41) is 0.301. The van der Waals surface area contributed by atoms with E-state index in [4.69, 9.17) is 0 Å². The van der Waals surface area contributed by atoms with Crippen LogP contribution in [0.5, 0.6) is 0 Å². The third kappa shape index (κ3) is 4.37. The molecule has 0 unspecified atom stereocenters. The van der Waals surface area contributed by atoms with Gasteiger partial charge in [0.1, 0.15) is 15.7 Å². The highest BCUT2D eigenvalue weighted by molar-refractivity contribution is 7.92. The summed E-state index contributed by atoms with van der Waals surface area (Å²) >= 11 is 0. The Labute approximate surface area is 145 Å². The molecule has 25 heavy (non-hydrogen) atoms. The van der Waals surface area contributed by atoms with Gasteiger partial charge in [-0.05, 0) is 43.9 Å². The van der Waals surface area contributed by atoms with Crippen molar-refractivity contribution in [1.29, 1.82) is 0 Å². The van der Waals surface area contributed by atoms with E-state index in [1.165, 1.54) is 6.07 Å². The van der Waals surface area contributed by atoms with Gasteiger partial charge in [0.05, 0.1) is 28.2 Å². The summed E-state index contributed by atoms with van der Waals surface area (Å²) in [6, 6.07) is 4.59. The normalized spacial score (nSPS) is 18.3. The van der Waals surface area contributed by atoms with Crippen LogP contribution in [0, 0.1) is 12.8 Å². The first-order valence-electron chi connectivity index (χ1n) is 7.85. The van der Waals surface area contributed by atoms with Gasteiger partial charge in [-0.25, -0.2) is 21.8 Å². The van der Waals surface area contributed by atoms with E-state index in [1.54, 1.807) is 19.1 Å². The molecule has 0 aliphatic carbocycles. The van der Waals surface area contributed by atoms with E-state index < -0.39 is 19.9 Å². The van der Waals surface area contributed by atoms with Crippen LogP contribution in [0.1, 0.15) is 18.7 Å². The zero-order chi connectivity index (χ0) is 18.2. The Morgan fingerprint density at radius 2 is 1.96 bits per heavy atom. The molecule has 1 aliphatic heterocycles. The van der Waals surface area contributed by atoms with E-state index in [0.717, 1.165) is 0 Å². The number of nitrogens with one attached hydrogen (secondary N) is 2. The number of nitrogens with zero attached hydrogens (tertiary/aromatic N) is 1. The maximum Gasteiger partial charge on any atom is 0.258 e. The van der Waals surface area contributed by atoms with Gasteiger partial charge in [-0.1, -0.05) is 0 Å². The number of H-pyrrole nitrogens is 1. The summed E-state index contributed by atoms with van der Waals surface area (Å²) in [4.78, 5) is 18.7. The fourth-order valence-electron chi connectivity index (χ4n) is 2.96. The van der Waals surface area contributed by atoms with E-state index in [9.17, 15) is 21.6 Å². The van der Waals surface area contributed by atoms with Gasteiger partial charge in [0.25, 0.3) is 5.56 Å². The number of sulfonamides is 1. The van der Waals surface area contributed by atoms with Crippen molar-refractivity contribution in [2.24, 2.45) is 5.92 Å². The topological polar surface area (TPSA) is 126 Å². The zero-order valence-electron chi connectivity index (χ0n) is 13.6. The Hall–Kier alpha value is -1.94. The molecule has 1 aromatic heterocycles. The maximum absolute atomic E-state index is 12.3. The van der Waals surface area contributed by atoms with Crippen LogP contribution in [0.15, 0.2) is 23.0 Å². The first kappa shape index (κ1) is 17.9. The molecule has 1 aliphatic rings. The molecule has 136 valence electrons. The van der Waals surface area contributed by atoms with Crippen molar-refractivity contribution in [3.8, 4) is 0 Å². The van der Waals surface area contributed by atoms with Crippen LogP contribution >= 0.6 is 0 Å². The highest BCUT2D eigenvalue weighted by atomic mass is 32.2. The average Bonchev–Trinajstić information content (AvgIpc) is 2.49. The molecule has 3 rings (SSSR count). The van der Waals surface area contributed by atoms with Gasteiger partial charge >= 0.3 is 0 Å². The molecule has 2 aromatic rings. The number of hydrogen-bond acceptors (Lipinski definition) is 6. The lowest BCUT2D eigenvalue weighted by Crippen LogP contribution is -2.30. The summed E-state index contributed by atoms with van der Waals surface area (Å²) < 4.78 is 50.0. The number of hydrogen-bond donors (Lipinski definition) is 2. The first-order valence-corrected chi connectivity index (χ1v) is 11.3. The second-order valence-electron chi connectivity index (χ2n) is 6.36. The van der Waals surface area contributed by atoms with Crippen LogP contribution in [0.25, 0.3) is 10.9 Å². The molecule has 2 N–H and O–H groups in total. The smallest absolute Gasteiger partial charge is 0.258 e. The number of aryl methyl sites for hydroxylation is 1. The Bertz CT molecular complexity index is 1060. The number of fused-ring (bicyclic) bond motifs is 1. The van der Waals surface area contributed by atoms with E-state index in [-0.39, 0.29) is 34.4 Å². The second-order valence-corrected chi connectivity index (χ2v) is 10.4. The molecule has 1 aromatic carbocycles. The molecular formula is C15H19N3O5S2. The van der Waals surface area contributed by atoms with Crippen LogP contribution in [-0.2, 0) is 19.9 Å². The molecule has 10 heteroatoms. The standard InChI is InChI=1S/C15H19N3O5S2/c1-10-16-14-3-2-12(8-13(14)15(19)17-10)18-25(22,23)9-11-4-6-24(20,21)7-5-11/h2-3,8,11,18H,4-7,9H2,1H3,(H,16,17,19). The second kappa shape index (κ2) is 6.41. The summed E-state index contributed by atoms with van der Waals surface area (Å²) in [6.45, 7) is 1.67. The summed E-state index contributed by atoms with van der Waals surface area (Å²) in [6.07, 6.45) is 0.702. The quantitative estimate of drug-likeness (QED) is 0.802. The summed E-state index contributed by atoms with van der Waals surface area (Å²) in [5.41, 5.74) is 0.440. The van der Waals surface area contributed by atoms with Crippen molar-refractivity contribution in [3.63, 3.8) is 0 Å². The van der Waals surface area contributed by atoms with Crippen molar-refractivity contribution in [2.75, 3.05) is 22.0 Å². The van der Waals surface area contributed by atoms with Gasteiger partial charge in [0.15, 0.2) is 0 Å². The van der Waals surface area contributed by atoms with Crippen LogP contribution < -0.4 is 10.3 Å².